The Morgan fingerprint density at radius 3 is 1.29 bits per heavy atom. The van der Waals surface area contributed by atoms with Gasteiger partial charge in [0.2, 0.25) is 0 Å². The fraction of sp³-hybridized carbons (Fsp3) is 0.538. The molecule has 0 aliphatic carbocycles. The molecule has 0 aliphatic heterocycles. The van der Waals surface area contributed by atoms with Crippen LogP contribution in [0.15, 0.2) is 91.0 Å². The van der Waals surface area contributed by atoms with Gasteiger partial charge >= 0.3 is 0 Å². The average Bonchev–Trinajstić information content (AvgIpc) is 3.05. The summed E-state index contributed by atoms with van der Waals surface area (Å²) in [6, 6.07) is 31.2. The Kier molecular flexibility index (Phi) is 17.2. The Morgan fingerprint density at radius 1 is 0.524 bits per heavy atom. The first-order valence-electron chi connectivity index (χ1n) is 16.8. The van der Waals surface area contributed by atoms with Crippen LogP contribution in [0.1, 0.15) is 114 Å². The molecule has 3 rings (SSSR count). The fourth-order valence-corrected chi connectivity index (χ4v) is 5.81. The molecule has 3 heteroatoms. The van der Waals surface area contributed by atoms with Crippen LogP contribution in [0.25, 0.3) is 0 Å². The lowest BCUT2D eigenvalue weighted by molar-refractivity contribution is -0.0408. The number of hydrogen-bond acceptors (Lipinski definition) is 3. The number of aliphatic hydroxyl groups is 1. The van der Waals surface area contributed by atoms with Crippen LogP contribution in [0.4, 0.5) is 0 Å². The molecule has 1 N–H and O–H groups in total. The van der Waals surface area contributed by atoms with Gasteiger partial charge in [-0.15, -0.1) is 0 Å². The molecule has 0 bridgehead atoms. The molecule has 0 aromatic heterocycles. The molecule has 1 atom stereocenters. The molecule has 0 spiro atoms. The Morgan fingerprint density at radius 2 is 0.905 bits per heavy atom. The minimum absolute atomic E-state index is 0.0349. The van der Waals surface area contributed by atoms with E-state index in [-0.39, 0.29) is 12.5 Å². The second kappa shape index (κ2) is 21.3. The smallest absolute Gasteiger partial charge is 0.143 e. The highest BCUT2D eigenvalue weighted by atomic mass is 16.5. The summed E-state index contributed by atoms with van der Waals surface area (Å²) in [5.41, 5.74) is 2.44. The number of benzene rings is 3. The van der Waals surface area contributed by atoms with Crippen LogP contribution in [0.5, 0.6) is 0 Å². The van der Waals surface area contributed by atoms with E-state index in [2.05, 4.69) is 79.7 Å². The Hall–Kier alpha value is -2.46. The fourth-order valence-electron chi connectivity index (χ4n) is 5.81. The molecule has 0 radical (unpaired) electrons. The number of hydrogen-bond donors (Lipinski definition) is 1. The summed E-state index contributed by atoms with van der Waals surface area (Å²) in [5, 5.41) is 10.2. The first-order valence-corrected chi connectivity index (χ1v) is 16.8. The van der Waals surface area contributed by atoms with Crippen LogP contribution in [0.2, 0.25) is 0 Å². The van der Waals surface area contributed by atoms with E-state index in [0.717, 1.165) is 29.7 Å². The van der Waals surface area contributed by atoms with Crippen molar-refractivity contribution in [3.63, 3.8) is 0 Å². The van der Waals surface area contributed by atoms with Crippen molar-refractivity contribution in [2.24, 2.45) is 5.92 Å². The van der Waals surface area contributed by atoms with Crippen LogP contribution in [0, 0.1) is 5.92 Å². The van der Waals surface area contributed by atoms with Crippen molar-refractivity contribution < 1.29 is 14.6 Å². The third-order valence-electron chi connectivity index (χ3n) is 8.33. The third kappa shape index (κ3) is 11.7. The predicted molar refractivity (Wildman–Crippen MR) is 177 cm³/mol. The molecule has 0 saturated carbocycles. The highest BCUT2D eigenvalue weighted by Gasteiger charge is 2.38. The van der Waals surface area contributed by atoms with Crippen molar-refractivity contribution in [3.05, 3.63) is 108 Å². The van der Waals surface area contributed by atoms with Gasteiger partial charge in [0.1, 0.15) is 5.60 Å². The Balaban J connectivity index is 1.39. The maximum Gasteiger partial charge on any atom is 0.143 e. The molecule has 0 heterocycles. The zero-order chi connectivity index (χ0) is 29.6. The molecule has 0 aliphatic rings. The maximum atomic E-state index is 10.2. The number of rotatable bonds is 24. The maximum absolute atomic E-state index is 10.2. The van der Waals surface area contributed by atoms with Gasteiger partial charge < -0.3 is 14.6 Å². The normalized spacial score (nSPS) is 12.4. The van der Waals surface area contributed by atoms with Crippen molar-refractivity contribution in [2.45, 2.75) is 102 Å². The molecule has 230 valence electrons. The number of aliphatic hydroxyl groups excluding tert-OH is 1. The first-order chi connectivity index (χ1) is 20.8. The molecule has 42 heavy (non-hydrogen) atoms. The van der Waals surface area contributed by atoms with E-state index in [1.165, 1.54) is 83.5 Å². The predicted octanol–water partition coefficient (Wildman–Crippen LogP) is 10.1. The molecule has 3 aromatic carbocycles. The quantitative estimate of drug-likeness (QED) is 0.0857. The Labute approximate surface area is 256 Å². The van der Waals surface area contributed by atoms with Crippen molar-refractivity contribution in [3.8, 4) is 0 Å². The van der Waals surface area contributed by atoms with Crippen molar-refractivity contribution >= 4 is 0 Å². The molecule has 3 nitrogen and oxygen atoms in total. The molecule has 1 unspecified atom stereocenters. The number of ether oxygens (including phenoxy) is 2. The summed E-state index contributed by atoms with van der Waals surface area (Å²) < 4.78 is 12.9. The molecule has 3 aromatic rings. The second-order valence-corrected chi connectivity index (χ2v) is 11.8. The SMILES string of the molecule is CCCCCCCCCCCCCCCCOCC(CO)COC(c1ccccc1)(c1ccccc1)c1ccccc1. The first kappa shape index (κ1) is 34.0. The molecular formula is C39H56O3. The number of unbranched alkanes of at least 4 members (excludes halogenated alkanes) is 13. The summed E-state index contributed by atoms with van der Waals surface area (Å²) in [6.45, 7) is 3.96. The monoisotopic (exact) mass is 572 g/mol. The topological polar surface area (TPSA) is 38.7 Å². The minimum Gasteiger partial charge on any atom is -0.396 e. The van der Waals surface area contributed by atoms with Gasteiger partial charge in [-0.05, 0) is 23.1 Å². The lowest BCUT2D eigenvalue weighted by Gasteiger charge is -2.37. The van der Waals surface area contributed by atoms with Crippen molar-refractivity contribution in [1.82, 2.24) is 0 Å². The van der Waals surface area contributed by atoms with Gasteiger partial charge in [0, 0.05) is 12.5 Å². The van der Waals surface area contributed by atoms with Gasteiger partial charge in [-0.2, -0.15) is 0 Å². The van der Waals surface area contributed by atoms with E-state index in [9.17, 15) is 5.11 Å². The van der Waals surface area contributed by atoms with E-state index < -0.39 is 5.60 Å². The highest BCUT2D eigenvalue weighted by Crippen LogP contribution is 2.40. The standard InChI is InChI=1S/C39H56O3/c1-2-3-4-5-6-7-8-9-10-11-12-13-14-24-31-41-33-35(32-40)34-42-39(36-25-18-15-19-26-36,37-27-20-16-21-28-37)38-29-22-17-23-30-38/h15-23,25-30,35,40H,2-14,24,31-34H2,1H3. The molecule has 0 fully saturated rings. The van der Waals surface area contributed by atoms with Gasteiger partial charge in [0.25, 0.3) is 0 Å². The lowest BCUT2D eigenvalue weighted by atomic mass is 9.80. The van der Waals surface area contributed by atoms with E-state index >= 15 is 0 Å². The van der Waals surface area contributed by atoms with Gasteiger partial charge in [-0.25, -0.2) is 0 Å². The zero-order valence-corrected chi connectivity index (χ0v) is 26.2. The third-order valence-corrected chi connectivity index (χ3v) is 8.33. The summed E-state index contributed by atoms with van der Waals surface area (Å²) in [7, 11) is 0. The van der Waals surface area contributed by atoms with Gasteiger partial charge in [0.05, 0.1) is 19.8 Å². The zero-order valence-electron chi connectivity index (χ0n) is 26.2. The van der Waals surface area contributed by atoms with E-state index in [0.29, 0.717) is 13.2 Å². The van der Waals surface area contributed by atoms with Crippen LogP contribution in [-0.4, -0.2) is 31.5 Å². The van der Waals surface area contributed by atoms with Crippen LogP contribution in [-0.2, 0) is 15.1 Å². The summed E-state index contributed by atoms with van der Waals surface area (Å²) in [5.74, 6) is -0.0906. The summed E-state index contributed by atoms with van der Waals surface area (Å²) in [6.07, 6.45) is 19.0. The average molecular weight is 573 g/mol. The van der Waals surface area contributed by atoms with Crippen LogP contribution >= 0.6 is 0 Å². The van der Waals surface area contributed by atoms with E-state index in [1.54, 1.807) is 0 Å². The van der Waals surface area contributed by atoms with Crippen molar-refractivity contribution in [2.75, 3.05) is 26.4 Å². The summed E-state index contributed by atoms with van der Waals surface area (Å²) in [4.78, 5) is 0. The van der Waals surface area contributed by atoms with Crippen LogP contribution < -0.4 is 0 Å². The second-order valence-electron chi connectivity index (χ2n) is 11.8. The summed E-state index contributed by atoms with van der Waals surface area (Å²) >= 11 is 0. The van der Waals surface area contributed by atoms with Gasteiger partial charge in [0.15, 0.2) is 0 Å². The minimum atomic E-state index is -0.772. The highest BCUT2D eigenvalue weighted by molar-refractivity contribution is 5.47. The molecule has 0 amide bonds. The molecular weight excluding hydrogens is 516 g/mol. The van der Waals surface area contributed by atoms with Gasteiger partial charge in [-0.3, -0.25) is 0 Å². The van der Waals surface area contributed by atoms with Crippen LogP contribution in [0.3, 0.4) is 0 Å². The lowest BCUT2D eigenvalue weighted by Crippen LogP contribution is -2.36. The van der Waals surface area contributed by atoms with Gasteiger partial charge in [-0.1, -0.05) is 181 Å². The Bertz CT molecular complexity index is 925. The molecule has 0 saturated heterocycles. The van der Waals surface area contributed by atoms with E-state index in [4.69, 9.17) is 9.47 Å². The van der Waals surface area contributed by atoms with Crippen molar-refractivity contribution in [1.29, 1.82) is 0 Å². The van der Waals surface area contributed by atoms with E-state index in [1.807, 2.05) is 18.2 Å². The largest absolute Gasteiger partial charge is 0.396 e.